The first-order chi connectivity index (χ1) is 10.6. The molecular weight excluding hydrogens is 288 g/mol. The summed E-state index contributed by atoms with van der Waals surface area (Å²) in [5.41, 5.74) is 1.45. The van der Waals surface area contributed by atoms with Crippen LogP contribution in [0, 0.1) is 0 Å². The molecule has 0 aromatic heterocycles. The first kappa shape index (κ1) is 17.8. The summed E-state index contributed by atoms with van der Waals surface area (Å²) in [6.45, 7) is 11.6. The van der Waals surface area contributed by atoms with E-state index in [4.69, 9.17) is 0 Å². The quantitative estimate of drug-likeness (QED) is 0.901. The van der Waals surface area contributed by atoms with Crippen molar-refractivity contribution in [1.29, 1.82) is 0 Å². The van der Waals surface area contributed by atoms with Gasteiger partial charge in [-0.1, -0.05) is 32.9 Å². The van der Waals surface area contributed by atoms with Gasteiger partial charge in [-0.15, -0.1) is 0 Å². The van der Waals surface area contributed by atoms with Crippen molar-refractivity contribution in [2.45, 2.75) is 64.5 Å². The van der Waals surface area contributed by atoms with Gasteiger partial charge in [-0.25, -0.2) is 0 Å². The van der Waals surface area contributed by atoms with Gasteiger partial charge in [-0.2, -0.15) is 0 Å². The number of rotatable bonds is 3. The molecule has 2 rings (SSSR count). The Morgan fingerprint density at radius 2 is 1.61 bits per heavy atom. The number of nitrogens with zero attached hydrogens (tertiary/aromatic N) is 1. The fraction of sp³-hybridized carbons (Fsp3) is 0.632. The Morgan fingerprint density at radius 3 is 2.04 bits per heavy atom. The SMILES string of the molecule is CC(C)(O)C(=O)NC1CCN(c2ccc(C(C)(C)C)cc2)CC1. The minimum Gasteiger partial charge on any atom is -0.381 e. The second-order valence-electron chi connectivity index (χ2n) is 8.09. The predicted molar refractivity (Wildman–Crippen MR) is 94.8 cm³/mol. The lowest BCUT2D eigenvalue weighted by Gasteiger charge is -2.35. The molecule has 0 unspecified atom stereocenters. The minimum absolute atomic E-state index is 0.152. The molecule has 0 saturated carbocycles. The van der Waals surface area contributed by atoms with E-state index in [1.807, 2.05) is 0 Å². The third-order valence-electron chi connectivity index (χ3n) is 4.48. The number of carbonyl (C=O) groups is 1. The normalized spacial score (nSPS) is 17.2. The van der Waals surface area contributed by atoms with Crippen LogP contribution in [0.3, 0.4) is 0 Å². The van der Waals surface area contributed by atoms with Crippen molar-refractivity contribution in [3.63, 3.8) is 0 Å². The lowest BCUT2D eigenvalue weighted by molar-refractivity contribution is -0.137. The molecule has 0 bridgehead atoms. The molecule has 4 nitrogen and oxygen atoms in total. The van der Waals surface area contributed by atoms with Crippen molar-refractivity contribution >= 4 is 11.6 Å². The molecule has 0 atom stereocenters. The van der Waals surface area contributed by atoms with Crippen LogP contribution in [0.1, 0.15) is 53.0 Å². The minimum atomic E-state index is -1.31. The maximum atomic E-state index is 11.8. The molecule has 23 heavy (non-hydrogen) atoms. The average Bonchev–Trinajstić information content (AvgIpc) is 2.46. The number of hydrogen-bond acceptors (Lipinski definition) is 3. The maximum absolute atomic E-state index is 11.8. The van der Waals surface area contributed by atoms with Gasteiger partial charge in [0.2, 0.25) is 0 Å². The van der Waals surface area contributed by atoms with E-state index < -0.39 is 5.60 Å². The lowest BCUT2D eigenvalue weighted by atomic mass is 9.87. The number of anilines is 1. The van der Waals surface area contributed by atoms with E-state index in [0.717, 1.165) is 25.9 Å². The lowest BCUT2D eigenvalue weighted by Crippen LogP contribution is -2.50. The fourth-order valence-corrected chi connectivity index (χ4v) is 2.82. The second kappa shape index (κ2) is 6.52. The molecule has 1 amide bonds. The van der Waals surface area contributed by atoms with E-state index in [9.17, 15) is 9.90 Å². The standard InChI is InChI=1S/C19H30N2O2/c1-18(2,3)14-6-8-16(9-7-14)21-12-10-15(11-13-21)20-17(22)19(4,5)23/h6-9,15,23H,10-13H2,1-5H3,(H,20,22). The first-order valence-corrected chi connectivity index (χ1v) is 8.46. The number of hydrogen-bond donors (Lipinski definition) is 2. The van der Waals surface area contributed by atoms with Crippen molar-refractivity contribution in [3.8, 4) is 0 Å². The van der Waals surface area contributed by atoms with Crippen LogP contribution in [0.2, 0.25) is 0 Å². The Kier molecular flexibility index (Phi) is 5.04. The largest absolute Gasteiger partial charge is 0.381 e. The van der Waals surface area contributed by atoms with Crippen LogP contribution in [0.5, 0.6) is 0 Å². The van der Waals surface area contributed by atoms with Crippen molar-refractivity contribution in [1.82, 2.24) is 5.32 Å². The number of amides is 1. The summed E-state index contributed by atoms with van der Waals surface area (Å²) in [4.78, 5) is 14.2. The van der Waals surface area contributed by atoms with E-state index in [0.29, 0.717) is 0 Å². The van der Waals surface area contributed by atoms with Crippen LogP contribution in [-0.2, 0) is 10.2 Å². The van der Waals surface area contributed by atoms with Gasteiger partial charge in [0.15, 0.2) is 0 Å². The van der Waals surface area contributed by atoms with E-state index in [1.165, 1.54) is 25.1 Å². The number of nitrogens with one attached hydrogen (secondary N) is 1. The Hall–Kier alpha value is -1.55. The van der Waals surface area contributed by atoms with Gasteiger partial charge in [0.05, 0.1) is 0 Å². The van der Waals surface area contributed by atoms with Gasteiger partial charge in [0.25, 0.3) is 5.91 Å². The van der Waals surface area contributed by atoms with Crippen LogP contribution >= 0.6 is 0 Å². The van der Waals surface area contributed by atoms with Gasteiger partial charge in [0, 0.05) is 24.8 Å². The summed E-state index contributed by atoms with van der Waals surface area (Å²) in [6, 6.07) is 8.95. The summed E-state index contributed by atoms with van der Waals surface area (Å²) in [7, 11) is 0. The molecule has 0 radical (unpaired) electrons. The van der Waals surface area contributed by atoms with Crippen LogP contribution in [0.4, 0.5) is 5.69 Å². The summed E-state index contributed by atoms with van der Waals surface area (Å²) < 4.78 is 0. The average molecular weight is 318 g/mol. The first-order valence-electron chi connectivity index (χ1n) is 8.46. The van der Waals surface area contributed by atoms with Gasteiger partial charge in [-0.05, 0) is 49.8 Å². The molecule has 1 saturated heterocycles. The number of aliphatic hydroxyl groups is 1. The van der Waals surface area contributed by atoms with Crippen LogP contribution in [-0.4, -0.2) is 35.7 Å². The van der Waals surface area contributed by atoms with Gasteiger partial charge in [-0.3, -0.25) is 4.79 Å². The van der Waals surface area contributed by atoms with E-state index in [1.54, 1.807) is 0 Å². The highest BCUT2D eigenvalue weighted by Gasteiger charge is 2.28. The van der Waals surface area contributed by atoms with Gasteiger partial charge in [0.1, 0.15) is 5.60 Å². The molecule has 2 N–H and O–H groups in total. The molecule has 1 aromatic rings. The Morgan fingerprint density at radius 1 is 1.09 bits per heavy atom. The molecule has 1 aromatic carbocycles. The molecule has 1 fully saturated rings. The molecular formula is C19H30N2O2. The van der Waals surface area contributed by atoms with E-state index in [2.05, 4.69) is 55.3 Å². The summed E-state index contributed by atoms with van der Waals surface area (Å²) in [5.74, 6) is -0.287. The Balaban J connectivity index is 1.91. The maximum Gasteiger partial charge on any atom is 0.251 e. The zero-order chi connectivity index (χ0) is 17.3. The van der Waals surface area contributed by atoms with Crippen LogP contribution < -0.4 is 10.2 Å². The van der Waals surface area contributed by atoms with E-state index >= 15 is 0 Å². The Bertz CT molecular complexity index is 530. The molecule has 4 heteroatoms. The highest BCUT2D eigenvalue weighted by molar-refractivity contribution is 5.84. The molecule has 0 spiro atoms. The number of carbonyl (C=O) groups excluding carboxylic acids is 1. The highest BCUT2D eigenvalue weighted by Crippen LogP contribution is 2.26. The predicted octanol–water partition coefficient (Wildman–Crippen LogP) is 2.84. The van der Waals surface area contributed by atoms with Crippen LogP contribution in [0.25, 0.3) is 0 Å². The molecule has 0 aliphatic carbocycles. The van der Waals surface area contributed by atoms with Gasteiger partial charge >= 0.3 is 0 Å². The molecule has 1 aliphatic rings. The monoisotopic (exact) mass is 318 g/mol. The third-order valence-corrected chi connectivity index (χ3v) is 4.48. The second-order valence-corrected chi connectivity index (χ2v) is 8.09. The third kappa shape index (κ3) is 4.71. The fourth-order valence-electron chi connectivity index (χ4n) is 2.82. The van der Waals surface area contributed by atoms with Crippen LogP contribution in [0.15, 0.2) is 24.3 Å². The molecule has 1 heterocycles. The zero-order valence-electron chi connectivity index (χ0n) is 15.0. The van der Waals surface area contributed by atoms with E-state index in [-0.39, 0.29) is 17.4 Å². The topological polar surface area (TPSA) is 52.6 Å². The van der Waals surface area contributed by atoms with Crippen molar-refractivity contribution in [3.05, 3.63) is 29.8 Å². The number of benzene rings is 1. The molecule has 1 aliphatic heterocycles. The summed E-state index contributed by atoms with van der Waals surface area (Å²) in [5, 5.41) is 12.7. The zero-order valence-corrected chi connectivity index (χ0v) is 15.0. The smallest absolute Gasteiger partial charge is 0.251 e. The molecule has 128 valence electrons. The number of piperidine rings is 1. The van der Waals surface area contributed by atoms with Crippen molar-refractivity contribution in [2.75, 3.05) is 18.0 Å². The highest BCUT2D eigenvalue weighted by atomic mass is 16.3. The summed E-state index contributed by atoms with van der Waals surface area (Å²) in [6.07, 6.45) is 1.81. The van der Waals surface area contributed by atoms with Crippen molar-refractivity contribution in [2.24, 2.45) is 0 Å². The van der Waals surface area contributed by atoms with Gasteiger partial charge < -0.3 is 15.3 Å². The summed E-state index contributed by atoms with van der Waals surface area (Å²) >= 11 is 0. The van der Waals surface area contributed by atoms with Crippen molar-refractivity contribution < 1.29 is 9.90 Å². The Labute approximate surface area is 139 Å².